The second kappa shape index (κ2) is 7.80. The molecule has 1 fully saturated rings. The molecule has 1 saturated carbocycles. The molecule has 3 atom stereocenters. The minimum atomic E-state index is 0.315. The summed E-state index contributed by atoms with van der Waals surface area (Å²) in [7, 11) is 0. The van der Waals surface area contributed by atoms with E-state index < -0.39 is 0 Å². The zero-order valence-electron chi connectivity index (χ0n) is 13.2. The van der Waals surface area contributed by atoms with Crippen molar-refractivity contribution in [1.29, 1.82) is 0 Å². The Morgan fingerprint density at radius 1 is 1.25 bits per heavy atom. The first-order chi connectivity index (χ1) is 9.72. The first-order valence-corrected chi connectivity index (χ1v) is 8.13. The average molecular weight is 275 g/mol. The van der Waals surface area contributed by atoms with E-state index in [1.807, 2.05) is 0 Å². The molecule has 1 aromatic rings. The lowest BCUT2D eigenvalue weighted by atomic mass is 9.88. The van der Waals surface area contributed by atoms with Gasteiger partial charge < -0.3 is 10.1 Å². The fraction of sp³-hybridized carbons (Fsp3) is 0.667. The fourth-order valence-corrected chi connectivity index (χ4v) is 3.23. The summed E-state index contributed by atoms with van der Waals surface area (Å²) in [5.74, 6) is 0.711. The van der Waals surface area contributed by atoms with Gasteiger partial charge in [-0.25, -0.2) is 0 Å². The average Bonchev–Trinajstić information content (AvgIpc) is 2.46. The number of hydrogen-bond donors (Lipinski definition) is 1. The number of likely N-dealkylation sites (N-methyl/N-ethyl adjacent to an activating group) is 1. The van der Waals surface area contributed by atoms with Gasteiger partial charge in [0, 0.05) is 0 Å². The second-order valence-electron chi connectivity index (χ2n) is 6.10. The van der Waals surface area contributed by atoms with Gasteiger partial charge in [0.05, 0.1) is 18.8 Å². The lowest BCUT2D eigenvalue weighted by Crippen LogP contribution is -2.32. The van der Waals surface area contributed by atoms with E-state index in [4.69, 9.17) is 4.74 Å². The van der Waals surface area contributed by atoms with E-state index in [0.717, 1.165) is 13.2 Å². The highest BCUT2D eigenvalue weighted by molar-refractivity contribution is 5.28. The molecule has 2 rings (SSSR count). The molecule has 3 unspecified atom stereocenters. The van der Waals surface area contributed by atoms with Crippen molar-refractivity contribution in [3.8, 4) is 0 Å². The van der Waals surface area contributed by atoms with Crippen molar-refractivity contribution in [2.24, 2.45) is 5.92 Å². The molecule has 1 aliphatic carbocycles. The van der Waals surface area contributed by atoms with Gasteiger partial charge in [-0.05, 0) is 43.4 Å². The zero-order chi connectivity index (χ0) is 14.4. The minimum absolute atomic E-state index is 0.315. The lowest BCUT2D eigenvalue weighted by Gasteiger charge is -2.31. The van der Waals surface area contributed by atoms with Gasteiger partial charge >= 0.3 is 0 Å². The van der Waals surface area contributed by atoms with Crippen LogP contribution in [0.15, 0.2) is 24.3 Å². The Balaban J connectivity index is 1.97. The van der Waals surface area contributed by atoms with Gasteiger partial charge in [-0.1, -0.05) is 51.0 Å². The van der Waals surface area contributed by atoms with E-state index in [1.54, 1.807) is 0 Å². The van der Waals surface area contributed by atoms with Crippen LogP contribution in [0.4, 0.5) is 0 Å². The molecule has 0 heterocycles. The SMILES string of the molecule is CCNC(COC1CCCCC1C)c1ccccc1C. The van der Waals surface area contributed by atoms with Gasteiger partial charge in [-0.2, -0.15) is 0 Å². The molecule has 0 amide bonds. The van der Waals surface area contributed by atoms with E-state index in [1.165, 1.54) is 36.8 Å². The smallest absolute Gasteiger partial charge is 0.0665 e. The molecule has 0 bridgehead atoms. The van der Waals surface area contributed by atoms with E-state index in [2.05, 4.69) is 50.4 Å². The predicted octanol–water partition coefficient (Wildman–Crippen LogP) is 4.24. The van der Waals surface area contributed by atoms with Gasteiger partial charge in [0.15, 0.2) is 0 Å². The molecule has 1 aliphatic rings. The molecule has 0 aliphatic heterocycles. The molecule has 2 heteroatoms. The van der Waals surface area contributed by atoms with Crippen molar-refractivity contribution in [2.45, 2.75) is 58.6 Å². The van der Waals surface area contributed by atoms with Crippen LogP contribution in [0.25, 0.3) is 0 Å². The molecular formula is C18H29NO. The van der Waals surface area contributed by atoms with Crippen LogP contribution in [0.5, 0.6) is 0 Å². The highest BCUT2D eigenvalue weighted by Gasteiger charge is 2.23. The Morgan fingerprint density at radius 2 is 2.00 bits per heavy atom. The molecule has 2 nitrogen and oxygen atoms in total. The van der Waals surface area contributed by atoms with Gasteiger partial charge in [0.25, 0.3) is 0 Å². The highest BCUT2D eigenvalue weighted by atomic mass is 16.5. The third kappa shape index (κ3) is 4.07. The summed E-state index contributed by atoms with van der Waals surface area (Å²) in [5.41, 5.74) is 2.72. The predicted molar refractivity (Wildman–Crippen MR) is 85.0 cm³/mol. The van der Waals surface area contributed by atoms with Gasteiger partial charge in [-0.15, -0.1) is 0 Å². The quantitative estimate of drug-likeness (QED) is 0.838. The van der Waals surface area contributed by atoms with E-state index in [9.17, 15) is 0 Å². The molecule has 0 aromatic heterocycles. The number of ether oxygens (including phenoxy) is 1. The van der Waals surface area contributed by atoms with Crippen molar-refractivity contribution < 1.29 is 4.74 Å². The summed E-state index contributed by atoms with van der Waals surface area (Å²) in [4.78, 5) is 0. The van der Waals surface area contributed by atoms with Gasteiger partial charge in [0.2, 0.25) is 0 Å². The Kier molecular flexibility index (Phi) is 6.06. The van der Waals surface area contributed by atoms with Crippen LogP contribution in [0, 0.1) is 12.8 Å². The molecule has 1 N–H and O–H groups in total. The van der Waals surface area contributed by atoms with Crippen molar-refractivity contribution in [3.63, 3.8) is 0 Å². The van der Waals surface area contributed by atoms with E-state index in [0.29, 0.717) is 18.1 Å². The second-order valence-corrected chi connectivity index (χ2v) is 6.10. The summed E-state index contributed by atoms with van der Waals surface area (Å²) >= 11 is 0. The third-order valence-electron chi connectivity index (χ3n) is 4.52. The standard InChI is InChI=1S/C18H29NO/c1-4-19-17(16-11-7-5-9-14(16)2)13-20-18-12-8-6-10-15(18)3/h5,7,9,11,15,17-19H,4,6,8,10,12-13H2,1-3H3. The molecule has 0 saturated heterocycles. The van der Waals surface area contributed by atoms with Crippen LogP contribution >= 0.6 is 0 Å². The van der Waals surface area contributed by atoms with E-state index in [-0.39, 0.29) is 0 Å². The third-order valence-corrected chi connectivity index (χ3v) is 4.52. The Morgan fingerprint density at radius 3 is 2.70 bits per heavy atom. The van der Waals surface area contributed by atoms with Crippen molar-refractivity contribution in [3.05, 3.63) is 35.4 Å². The fourth-order valence-electron chi connectivity index (χ4n) is 3.23. The topological polar surface area (TPSA) is 21.3 Å². The maximum atomic E-state index is 6.26. The molecule has 1 aromatic carbocycles. The summed E-state index contributed by atoms with van der Waals surface area (Å²) < 4.78 is 6.26. The summed E-state index contributed by atoms with van der Waals surface area (Å²) in [5, 5.41) is 3.57. The maximum Gasteiger partial charge on any atom is 0.0665 e. The largest absolute Gasteiger partial charge is 0.376 e. The van der Waals surface area contributed by atoms with Crippen LogP contribution < -0.4 is 5.32 Å². The summed E-state index contributed by atoms with van der Waals surface area (Å²) in [6.45, 7) is 8.44. The summed E-state index contributed by atoms with van der Waals surface area (Å²) in [6.07, 6.45) is 5.70. The van der Waals surface area contributed by atoms with Crippen LogP contribution in [0.1, 0.15) is 56.7 Å². The van der Waals surface area contributed by atoms with Crippen molar-refractivity contribution in [1.82, 2.24) is 5.32 Å². The Hall–Kier alpha value is -0.860. The Labute approximate surface area is 123 Å². The lowest BCUT2D eigenvalue weighted by molar-refractivity contribution is -0.0152. The molecule has 0 radical (unpaired) electrons. The molecular weight excluding hydrogens is 246 g/mol. The van der Waals surface area contributed by atoms with Crippen LogP contribution in [0.2, 0.25) is 0 Å². The van der Waals surface area contributed by atoms with Crippen molar-refractivity contribution in [2.75, 3.05) is 13.2 Å². The first-order valence-electron chi connectivity index (χ1n) is 8.13. The number of benzene rings is 1. The molecule has 0 spiro atoms. The number of aryl methyl sites for hydroxylation is 1. The van der Waals surface area contributed by atoms with Gasteiger partial charge in [-0.3, -0.25) is 0 Å². The molecule has 112 valence electrons. The number of rotatable bonds is 6. The highest BCUT2D eigenvalue weighted by Crippen LogP contribution is 2.27. The normalized spacial score (nSPS) is 24.6. The minimum Gasteiger partial charge on any atom is -0.376 e. The van der Waals surface area contributed by atoms with Crippen LogP contribution in [-0.4, -0.2) is 19.3 Å². The summed E-state index contributed by atoms with van der Waals surface area (Å²) in [6, 6.07) is 8.94. The van der Waals surface area contributed by atoms with Gasteiger partial charge in [0.1, 0.15) is 0 Å². The van der Waals surface area contributed by atoms with Crippen molar-refractivity contribution >= 4 is 0 Å². The van der Waals surface area contributed by atoms with Crippen LogP contribution in [-0.2, 0) is 4.74 Å². The van der Waals surface area contributed by atoms with E-state index >= 15 is 0 Å². The number of nitrogens with one attached hydrogen (secondary N) is 1. The zero-order valence-corrected chi connectivity index (χ0v) is 13.2. The monoisotopic (exact) mass is 275 g/mol. The Bertz CT molecular complexity index is 404. The maximum absolute atomic E-state index is 6.26. The van der Waals surface area contributed by atoms with Crippen LogP contribution in [0.3, 0.4) is 0 Å². The molecule has 20 heavy (non-hydrogen) atoms. The number of hydrogen-bond acceptors (Lipinski definition) is 2. The first kappa shape index (κ1) is 15.5.